The lowest BCUT2D eigenvalue weighted by atomic mass is 9.95. The minimum atomic E-state index is -0.588. The monoisotopic (exact) mass is 487 g/mol. The molecule has 3 heterocycles. The van der Waals surface area contributed by atoms with E-state index in [2.05, 4.69) is 6.07 Å². The van der Waals surface area contributed by atoms with Gasteiger partial charge >= 0.3 is 0 Å². The van der Waals surface area contributed by atoms with Gasteiger partial charge in [-0.2, -0.15) is 10.5 Å². The maximum atomic E-state index is 13.2. The normalized spacial score (nSPS) is 14.9. The summed E-state index contributed by atoms with van der Waals surface area (Å²) >= 11 is 0. The van der Waals surface area contributed by atoms with Crippen molar-refractivity contribution in [2.24, 2.45) is 7.05 Å². The number of amides is 2. The molecule has 0 unspecified atom stereocenters. The number of para-hydroxylation sites is 1. The first kappa shape index (κ1) is 23.5. The standard InChI is InChI=1S/C28H21N7O2/c1-4-34-27(36)21(17(2)22(16-30)28(34)37)14-23-31-25-26(35(23)20-8-6-5-7-9-20)32-24(33(25)3)19-12-10-18(15-29)11-13-19/h5-14H,4H2,1-3H3/b21-14-. The van der Waals surface area contributed by atoms with Crippen molar-refractivity contribution in [1.82, 2.24) is 24.0 Å². The van der Waals surface area contributed by atoms with Gasteiger partial charge < -0.3 is 4.57 Å². The Hall–Kier alpha value is -5.28. The molecule has 1 aliphatic heterocycles. The Labute approximate surface area is 212 Å². The second-order valence-corrected chi connectivity index (χ2v) is 8.50. The van der Waals surface area contributed by atoms with Gasteiger partial charge in [-0.05, 0) is 61.9 Å². The summed E-state index contributed by atoms with van der Waals surface area (Å²) in [5.41, 5.74) is 3.83. The quantitative estimate of drug-likeness (QED) is 0.318. The van der Waals surface area contributed by atoms with Crippen LogP contribution in [0.25, 0.3) is 34.4 Å². The van der Waals surface area contributed by atoms with E-state index in [1.165, 1.54) is 0 Å². The predicted octanol–water partition coefficient (Wildman–Crippen LogP) is 3.91. The molecule has 2 amide bonds. The van der Waals surface area contributed by atoms with Crippen LogP contribution in [0.5, 0.6) is 0 Å². The van der Waals surface area contributed by atoms with Crippen molar-refractivity contribution in [2.45, 2.75) is 13.8 Å². The molecule has 2 aromatic carbocycles. The van der Waals surface area contributed by atoms with Crippen LogP contribution in [0, 0.1) is 22.7 Å². The molecule has 4 aromatic rings. The lowest BCUT2D eigenvalue weighted by Crippen LogP contribution is -2.42. The Morgan fingerprint density at radius 3 is 2.24 bits per heavy atom. The molecule has 180 valence electrons. The van der Waals surface area contributed by atoms with Gasteiger partial charge in [0.1, 0.15) is 23.3 Å². The third kappa shape index (κ3) is 3.70. The van der Waals surface area contributed by atoms with Crippen LogP contribution in [0.1, 0.15) is 25.2 Å². The highest BCUT2D eigenvalue weighted by molar-refractivity contribution is 6.19. The molecule has 0 spiro atoms. The van der Waals surface area contributed by atoms with E-state index >= 15 is 0 Å². The van der Waals surface area contributed by atoms with Crippen LogP contribution in [-0.4, -0.2) is 42.4 Å². The highest BCUT2D eigenvalue weighted by atomic mass is 16.2. The Balaban J connectivity index is 1.76. The summed E-state index contributed by atoms with van der Waals surface area (Å²) in [6, 6.07) is 20.7. The molecular formula is C28H21N7O2. The van der Waals surface area contributed by atoms with Crippen LogP contribution < -0.4 is 0 Å². The first-order valence-electron chi connectivity index (χ1n) is 11.6. The van der Waals surface area contributed by atoms with E-state index in [9.17, 15) is 14.9 Å². The van der Waals surface area contributed by atoms with E-state index in [0.29, 0.717) is 34.1 Å². The summed E-state index contributed by atoms with van der Waals surface area (Å²) in [7, 11) is 1.85. The molecule has 0 bridgehead atoms. The number of imidazole rings is 2. The summed E-state index contributed by atoms with van der Waals surface area (Å²) in [6.07, 6.45) is 1.61. The van der Waals surface area contributed by atoms with Gasteiger partial charge in [0.2, 0.25) is 0 Å². The molecule has 0 fully saturated rings. The third-order valence-electron chi connectivity index (χ3n) is 6.41. The van der Waals surface area contributed by atoms with Crippen molar-refractivity contribution in [2.75, 3.05) is 6.54 Å². The number of hydrogen-bond donors (Lipinski definition) is 0. The number of hydrogen-bond acceptors (Lipinski definition) is 6. The lowest BCUT2D eigenvalue weighted by Gasteiger charge is -2.26. The molecule has 1 aliphatic rings. The fourth-order valence-corrected chi connectivity index (χ4v) is 4.44. The van der Waals surface area contributed by atoms with E-state index in [1.54, 1.807) is 32.1 Å². The van der Waals surface area contributed by atoms with Gasteiger partial charge in [0.05, 0.1) is 11.6 Å². The fourth-order valence-electron chi connectivity index (χ4n) is 4.44. The first-order valence-corrected chi connectivity index (χ1v) is 11.6. The average molecular weight is 488 g/mol. The predicted molar refractivity (Wildman–Crippen MR) is 137 cm³/mol. The highest BCUT2D eigenvalue weighted by Crippen LogP contribution is 2.31. The molecule has 0 saturated heterocycles. The van der Waals surface area contributed by atoms with Gasteiger partial charge in [-0.3, -0.25) is 19.1 Å². The zero-order valence-corrected chi connectivity index (χ0v) is 20.4. The van der Waals surface area contributed by atoms with Crippen LogP contribution in [0.3, 0.4) is 0 Å². The van der Waals surface area contributed by atoms with Crippen LogP contribution in [0.4, 0.5) is 0 Å². The van der Waals surface area contributed by atoms with Gasteiger partial charge in [0, 0.05) is 30.4 Å². The van der Waals surface area contributed by atoms with Crippen LogP contribution >= 0.6 is 0 Å². The van der Waals surface area contributed by atoms with E-state index in [4.69, 9.17) is 15.2 Å². The molecule has 9 heteroatoms. The Morgan fingerprint density at radius 2 is 1.62 bits per heavy atom. The smallest absolute Gasteiger partial charge is 0.271 e. The molecule has 0 aliphatic carbocycles. The number of aromatic nitrogens is 4. The third-order valence-corrected chi connectivity index (χ3v) is 6.41. The minimum Gasteiger partial charge on any atom is -0.310 e. The second-order valence-electron chi connectivity index (χ2n) is 8.50. The Bertz CT molecular complexity index is 1720. The van der Waals surface area contributed by atoms with Crippen LogP contribution in [0.15, 0.2) is 71.3 Å². The molecule has 9 nitrogen and oxygen atoms in total. The summed E-state index contributed by atoms with van der Waals surface area (Å²) in [5, 5.41) is 18.7. The number of benzene rings is 2. The van der Waals surface area contributed by atoms with Crippen molar-refractivity contribution in [3.05, 3.63) is 82.7 Å². The number of aryl methyl sites for hydroxylation is 1. The van der Waals surface area contributed by atoms with E-state index in [-0.39, 0.29) is 17.7 Å². The summed E-state index contributed by atoms with van der Waals surface area (Å²) in [5.74, 6) is 0.0538. The number of nitriles is 2. The maximum absolute atomic E-state index is 13.2. The Kier molecular flexibility index (Phi) is 5.75. The van der Waals surface area contributed by atoms with Gasteiger partial charge in [0.15, 0.2) is 11.3 Å². The van der Waals surface area contributed by atoms with E-state index < -0.39 is 11.8 Å². The molecule has 37 heavy (non-hydrogen) atoms. The number of fused-ring (bicyclic) bond motifs is 1. The lowest BCUT2D eigenvalue weighted by molar-refractivity contribution is -0.140. The largest absolute Gasteiger partial charge is 0.310 e. The van der Waals surface area contributed by atoms with Crippen molar-refractivity contribution < 1.29 is 9.59 Å². The van der Waals surface area contributed by atoms with Gasteiger partial charge in [-0.15, -0.1) is 0 Å². The summed E-state index contributed by atoms with van der Waals surface area (Å²) in [4.78, 5) is 36.6. The second kappa shape index (κ2) is 9.06. The van der Waals surface area contributed by atoms with E-state index in [0.717, 1.165) is 16.2 Å². The van der Waals surface area contributed by atoms with Gasteiger partial charge in [-0.25, -0.2) is 9.97 Å². The number of rotatable bonds is 4. The zero-order chi connectivity index (χ0) is 26.3. The van der Waals surface area contributed by atoms with Crippen molar-refractivity contribution in [3.8, 4) is 29.2 Å². The molecule has 0 atom stereocenters. The first-order chi connectivity index (χ1) is 17.9. The minimum absolute atomic E-state index is 0.0590. The molecular weight excluding hydrogens is 466 g/mol. The molecule has 2 aromatic heterocycles. The summed E-state index contributed by atoms with van der Waals surface area (Å²) in [6.45, 7) is 3.44. The molecule has 0 N–H and O–H groups in total. The van der Waals surface area contributed by atoms with Gasteiger partial charge in [-0.1, -0.05) is 18.2 Å². The van der Waals surface area contributed by atoms with E-state index in [1.807, 2.05) is 64.7 Å². The molecule has 0 saturated carbocycles. The van der Waals surface area contributed by atoms with Crippen molar-refractivity contribution in [1.29, 1.82) is 10.5 Å². The topological polar surface area (TPSA) is 121 Å². The highest BCUT2D eigenvalue weighted by Gasteiger charge is 2.35. The van der Waals surface area contributed by atoms with Crippen molar-refractivity contribution in [3.63, 3.8) is 0 Å². The number of nitrogens with zero attached hydrogens (tertiary/aromatic N) is 7. The zero-order valence-electron chi connectivity index (χ0n) is 20.4. The maximum Gasteiger partial charge on any atom is 0.271 e. The number of likely N-dealkylation sites (N-methyl/N-ethyl adjacent to an activating group) is 1. The van der Waals surface area contributed by atoms with Gasteiger partial charge in [0.25, 0.3) is 11.8 Å². The van der Waals surface area contributed by atoms with Crippen molar-refractivity contribution >= 4 is 29.2 Å². The van der Waals surface area contributed by atoms with Crippen LogP contribution in [0.2, 0.25) is 0 Å². The van der Waals surface area contributed by atoms with Crippen LogP contribution in [-0.2, 0) is 16.6 Å². The Morgan fingerprint density at radius 1 is 0.919 bits per heavy atom. The number of imide groups is 1. The number of carbonyl (C=O) groups is 2. The summed E-state index contributed by atoms with van der Waals surface area (Å²) < 4.78 is 3.70. The molecule has 5 rings (SSSR count). The fraction of sp³-hybridized carbons (Fsp3) is 0.143. The molecule has 0 radical (unpaired) electrons. The SMILES string of the molecule is CCN1C(=O)C(C#N)=C(C)/C(=C/c2nc3c(nc(-c4ccc(C#N)cc4)n3C)n2-c2ccccc2)C1=O. The number of carbonyl (C=O) groups excluding carboxylic acids is 2. The average Bonchev–Trinajstić information content (AvgIpc) is 3.43.